The lowest BCUT2D eigenvalue weighted by atomic mass is 9.87. The average Bonchev–Trinajstić information content (AvgIpc) is 3.62. The van der Waals surface area contributed by atoms with Gasteiger partial charge in [0, 0.05) is 27.7 Å². The third kappa shape index (κ3) is 5.62. The summed E-state index contributed by atoms with van der Waals surface area (Å²) in [6, 6.07) is 76.1. The summed E-state index contributed by atoms with van der Waals surface area (Å²) in [7, 11) is 0. The van der Waals surface area contributed by atoms with Crippen molar-refractivity contribution in [2.75, 3.05) is 4.90 Å². The Labute approximate surface area is 314 Å². The molecule has 2 heteroatoms. The minimum atomic E-state index is 0.879. The molecule has 0 saturated carbocycles. The Morgan fingerprint density at radius 3 is 1.69 bits per heavy atom. The van der Waals surface area contributed by atoms with Crippen molar-refractivity contribution in [2.45, 2.75) is 0 Å². The highest BCUT2D eigenvalue weighted by atomic mass is 16.3. The first-order chi connectivity index (χ1) is 26.8. The smallest absolute Gasteiger partial charge is 0.135 e. The molecule has 0 spiro atoms. The summed E-state index contributed by atoms with van der Waals surface area (Å²) in [5.41, 5.74) is 14.5. The second kappa shape index (κ2) is 13.4. The van der Waals surface area contributed by atoms with E-state index in [1.165, 1.54) is 49.7 Å². The zero-order valence-electron chi connectivity index (χ0n) is 29.6. The highest BCUT2D eigenvalue weighted by molar-refractivity contribution is 6.07. The molecular formula is C52H35NO. The van der Waals surface area contributed by atoms with Gasteiger partial charge in [0.2, 0.25) is 0 Å². The SMILES string of the molecule is c1ccc(-c2ccc(-c3ccccc3-c3ccccc3N(c3ccc4ccccc4c3)c3ccc4oc5ccccc5c4c3)c(-c3ccccc3)c2)cc1. The molecule has 0 amide bonds. The lowest BCUT2D eigenvalue weighted by Gasteiger charge is -2.29. The topological polar surface area (TPSA) is 16.4 Å². The summed E-state index contributed by atoms with van der Waals surface area (Å²) in [6.07, 6.45) is 0. The van der Waals surface area contributed by atoms with Gasteiger partial charge >= 0.3 is 0 Å². The molecule has 2 nitrogen and oxygen atoms in total. The van der Waals surface area contributed by atoms with Crippen molar-refractivity contribution in [3.8, 4) is 44.5 Å². The largest absolute Gasteiger partial charge is 0.456 e. The molecule has 0 radical (unpaired) electrons. The third-order valence-electron chi connectivity index (χ3n) is 10.5. The first-order valence-electron chi connectivity index (χ1n) is 18.4. The Bertz CT molecular complexity index is 2940. The number of furan rings is 1. The monoisotopic (exact) mass is 689 g/mol. The summed E-state index contributed by atoms with van der Waals surface area (Å²) in [4.78, 5) is 2.40. The number of benzene rings is 9. The van der Waals surface area contributed by atoms with E-state index in [-0.39, 0.29) is 0 Å². The van der Waals surface area contributed by atoms with Gasteiger partial charge in [0.1, 0.15) is 11.2 Å². The highest BCUT2D eigenvalue weighted by Gasteiger charge is 2.22. The second-order valence-corrected chi connectivity index (χ2v) is 13.7. The van der Waals surface area contributed by atoms with E-state index in [9.17, 15) is 0 Å². The maximum atomic E-state index is 6.28. The zero-order valence-corrected chi connectivity index (χ0v) is 29.6. The van der Waals surface area contributed by atoms with E-state index in [1.807, 2.05) is 12.1 Å². The Morgan fingerprint density at radius 2 is 0.870 bits per heavy atom. The summed E-state index contributed by atoms with van der Waals surface area (Å²) < 4.78 is 6.28. The molecule has 0 atom stereocenters. The summed E-state index contributed by atoms with van der Waals surface area (Å²) in [5.74, 6) is 0. The van der Waals surface area contributed by atoms with E-state index in [4.69, 9.17) is 4.42 Å². The van der Waals surface area contributed by atoms with Crippen LogP contribution < -0.4 is 4.90 Å². The van der Waals surface area contributed by atoms with Crippen LogP contribution in [0.25, 0.3) is 77.2 Å². The van der Waals surface area contributed by atoms with E-state index < -0.39 is 0 Å². The van der Waals surface area contributed by atoms with Gasteiger partial charge in [-0.05, 0) is 98.2 Å². The van der Waals surface area contributed by atoms with Gasteiger partial charge in [-0.15, -0.1) is 0 Å². The molecule has 0 bridgehead atoms. The van der Waals surface area contributed by atoms with Gasteiger partial charge < -0.3 is 9.32 Å². The number of hydrogen-bond acceptors (Lipinski definition) is 2. The van der Waals surface area contributed by atoms with Crippen LogP contribution in [0.3, 0.4) is 0 Å². The molecule has 10 aromatic rings. The molecule has 10 rings (SSSR count). The van der Waals surface area contributed by atoms with Gasteiger partial charge in [0.05, 0.1) is 5.69 Å². The highest BCUT2D eigenvalue weighted by Crippen LogP contribution is 2.47. The van der Waals surface area contributed by atoms with Gasteiger partial charge in [0.25, 0.3) is 0 Å². The number of hydrogen-bond donors (Lipinski definition) is 0. The van der Waals surface area contributed by atoms with Crippen LogP contribution in [0, 0.1) is 0 Å². The van der Waals surface area contributed by atoms with Gasteiger partial charge in [-0.2, -0.15) is 0 Å². The van der Waals surface area contributed by atoms with Crippen LogP contribution in [0.15, 0.2) is 217 Å². The molecule has 0 aliphatic heterocycles. The van der Waals surface area contributed by atoms with Crippen molar-refractivity contribution in [1.82, 2.24) is 0 Å². The van der Waals surface area contributed by atoms with Crippen LogP contribution in [0.5, 0.6) is 0 Å². The van der Waals surface area contributed by atoms with Crippen LogP contribution in [-0.4, -0.2) is 0 Å². The predicted octanol–water partition coefficient (Wildman–Crippen LogP) is 14.9. The predicted molar refractivity (Wildman–Crippen MR) is 228 cm³/mol. The Balaban J connectivity index is 1.20. The summed E-state index contributed by atoms with van der Waals surface area (Å²) >= 11 is 0. The number of anilines is 3. The van der Waals surface area contributed by atoms with Crippen molar-refractivity contribution in [2.24, 2.45) is 0 Å². The molecule has 9 aromatic carbocycles. The summed E-state index contributed by atoms with van der Waals surface area (Å²) in [6.45, 7) is 0. The zero-order chi connectivity index (χ0) is 35.8. The van der Waals surface area contributed by atoms with Crippen LogP contribution in [0.1, 0.15) is 0 Å². The van der Waals surface area contributed by atoms with Gasteiger partial charge in [0.15, 0.2) is 0 Å². The third-order valence-corrected chi connectivity index (χ3v) is 10.5. The van der Waals surface area contributed by atoms with Crippen molar-refractivity contribution in [1.29, 1.82) is 0 Å². The van der Waals surface area contributed by atoms with Crippen molar-refractivity contribution in [3.05, 3.63) is 212 Å². The maximum Gasteiger partial charge on any atom is 0.135 e. The Morgan fingerprint density at radius 1 is 0.296 bits per heavy atom. The Kier molecular flexibility index (Phi) is 7.85. The fourth-order valence-corrected chi connectivity index (χ4v) is 7.89. The number of nitrogens with zero attached hydrogens (tertiary/aromatic N) is 1. The molecule has 0 fully saturated rings. The molecule has 254 valence electrons. The molecule has 1 aromatic heterocycles. The van der Waals surface area contributed by atoms with E-state index >= 15 is 0 Å². The molecule has 0 aliphatic carbocycles. The minimum Gasteiger partial charge on any atom is -0.456 e. The van der Waals surface area contributed by atoms with E-state index in [0.717, 1.165) is 44.6 Å². The quantitative estimate of drug-likeness (QED) is 0.166. The standard InChI is InChI=1S/C52H35NO/c1-3-15-36(16-4-1)40-28-31-45(48(34-40)38-18-5-2-6-19-38)43-21-9-10-22-44(43)46-23-11-13-25-50(46)53(41-29-27-37-17-7-8-20-39(37)33-41)42-30-32-52-49(35-42)47-24-12-14-26-51(47)54-52/h1-35H. The van der Waals surface area contributed by atoms with Crippen molar-refractivity contribution >= 4 is 49.8 Å². The van der Waals surface area contributed by atoms with Crippen LogP contribution >= 0.6 is 0 Å². The molecule has 0 saturated heterocycles. The first-order valence-corrected chi connectivity index (χ1v) is 18.4. The second-order valence-electron chi connectivity index (χ2n) is 13.7. The Hall–Kier alpha value is -7.16. The fourth-order valence-electron chi connectivity index (χ4n) is 7.89. The number of fused-ring (bicyclic) bond motifs is 4. The summed E-state index contributed by atoms with van der Waals surface area (Å²) in [5, 5.41) is 4.61. The fraction of sp³-hybridized carbons (Fsp3) is 0. The van der Waals surface area contributed by atoms with Crippen molar-refractivity contribution in [3.63, 3.8) is 0 Å². The van der Waals surface area contributed by atoms with E-state index in [1.54, 1.807) is 0 Å². The van der Waals surface area contributed by atoms with Gasteiger partial charge in [-0.1, -0.05) is 164 Å². The number of rotatable bonds is 7. The lowest BCUT2D eigenvalue weighted by molar-refractivity contribution is 0.669. The van der Waals surface area contributed by atoms with Crippen molar-refractivity contribution < 1.29 is 4.42 Å². The number of para-hydroxylation sites is 2. The van der Waals surface area contributed by atoms with Gasteiger partial charge in [-0.3, -0.25) is 0 Å². The molecule has 0 N–H and O–H groups in total. The molecule has 0 unspecified atom stereocenters. The van der Waals surface area contributed by atoms with Gasteiger partial charge in [-0.25, -0.2) is 0 Å². The normalized spacial score (nSPS) is 11.3. The first kappa shape index (κ1) is 31.6. The van der Waals surface area contributed by atoms with Crippen LogP contribution in [-0.2, 0) is 0 Å². The average molecular weight is 690 g/mol. The minimum absolute atomic E-state index is 0.879. The van der Waals surface area contributed by atoms with Crippen LogP contribution in [0.4, 0.5) is 17.1 Å². The molecule has 54 heavy (non-hydrogen) atoms. The van der Waals surface area contributed by atoms with E-state index in [0.29, 0.717) is 0 Å². The molecule has 0 aliphatic rings. The molecular weight excluding hydrogens is 655 g/mol. The lowest BCUT2D eigenvalue weighted by Crippen LogP contribution is -2.11. The maximum absolute atomic E-state index is 6.28. The molecule has 1 heterocycles. The van der Waals surface area contributed by atoms with E-state index in [2.05, 4.69) is 205 Å². The van der Waals surface area contributed by atoms with Crippen LogP contribution in [0.2, 0.25) is 0 Å².